The van der Waals surface area contributed by atoms with E-state index in [1.54, 1.807) is 0 Å². The molecule has 0 aromatic rings. The van der Waals surface area contributed by atoms with Gasteiger partial charge in [-0.3, -0.25) is 4.48 Å². The van der Waals surface area contributed by atoms with E-state index in [0.29, 0.717) is 4.48 Å². The minimum Gasteiger partial charge on any atom is -0.338 e. The summed E-state index contributed by atoms with van der Waals surface area (Å²) < 4.78 is 0.510. The number of nitrogens with zero attached hydrogens (tertiary/aromatic N) is 1. The van der Waals surface area contributed by atoms with Crippen LogP contribution in [0, 0.1) is 5.41 Å². The van der Waals surface area contributed by atoms with Gasteiger partial charge in [-0.2, -0.15) is 0 Å². The summed E-state index contributed by atoms with van der Waals surface area (Å²) in [7, 11) is 3.87. The van der Waals surface area contributed by atoms with Crippen molar-refractivity contribution in [2.75, 3.05) is 20.6 Å². The number of hydrogen-bond acceptors (Lipinski definition) is 1. The average Bonchev–Trinajstić information content (AvgIpc) is 1.65. The van der Waals surface area contributed by atoms with E-state index in [2.05, 4.69) is 6.92 Å². The second-order valence-electron chi connectivity index (χ2n) is 2.79. The smallest absolute Gasteiger partial charge is 0.291 e. The van der Waals surface area contributed by atoms with Crippen LogP contribution < -0.4 is 5.73 Å². The lowest BCUT2D eigenvalue weighted by Gasteiger charge is -2.25. The minimum atomic E-state index is 0.233. The third kappa shape index (κ3) is 2.46. The molecule has 0 rings (SSSR count). The second-order valence-corrected chi connectivity index (χ2v) is 2.79. The Labute approximate surface area is 56.6 Å². The van der Waals surface area contributed by atoms with Crippen LogP contribution in [0.25, 0.3) is 0 Å². The predicted molar refractivity (Wildman–Crippen MR) is 39.2 cm³/mol. The van der Waals surface area contributed by atoms with Crippen LogP contribution in [0.3, 0.4) is 0 Å². The molecule has 9 heavy (non-hydrogen) atoms. The van der Waals surface area contributed by atoms with Crippen LogP contribution in [0.5, 0.6) is 0 Å². The Hall–Kier alpha value is -0.570. The van der Waals surface area contributed by atoms with Crippen molar-refractivity contribution in [3.8, 4) is 0 Å². The van der Waals surface area contributed by atoms with Crippen molar-refractivity contribution in [2.45, 2.75) is 13.3 Å². The van der Waals surface area contributed by atoms with Gasteiger partial charge in [0.15, 0.2) is 0 Å². The third-order valence-corrected chi connectivity index (χ3v) is 1.43. The van der Waals surface area contributed by atoms with E-state index in [1.165, 1.54) is 0 Å². The van der Waals surface area contributed by atoms with Gasteiger partial charge in [0.2, 0.25) is 0 Å². The SMILES string of the molecule is CCC[N+](C)(C)C(=N)N. The first kappa shape index (κ1) is 8.43. The third-order valence-electron chi connectivity index (χ3n) is 1.43. The molecule has 3 nitrogen and oxygen atoms in total. The molecule has 0 fully saturated rings. The van der Waals surface area contributed by atoms with Crippen LogP contribution in [-0.4, -0.2) is 31.1 Å². The molecule has 0 unspecified atom stereocenters. The van der Waals surface area contributed by atoms with Gasteiger partial charge in [0, 0.05) is 0 Å². The molecule has 0 spiro atoms. The number of nitrogens with one attached hydrogen (secondary N) is 1. The Morgan fingerprint density at radius 1 is 1.56 bits per heavy atom. The molecule has 0 bridgehead atoms. The summed E-state index contributed by atoms with van der Waals surface area (Å²) in [4.78, 5) is 0. The molecule has 0 saturated carbocycles. The van der Waals surface area contributed by atoms with Gasteiger partial charge < -0.3 is 5.73 Å². The van der Waals surface area contributed by atoms with Crippen LogP contribution in [0.15, 0.2) is 0 Å². The highest BCUT2D eigenvalue weighted by molar-refractivity contribution is 5.66. The summed E-state index contributed by atoms with van der Waals surface area (Å²) in [6.07, 6.45) is 1.06. The van der Waals surface area contributed by atoms with Crippen molar-refractivity contribution in [2.24, 2.45) is 5.73 Å². The van der Waals surface area contributed by atoms with Gasteiger partial charge in [0.05, 0.1) is 20.6 Å². The van der Waals surface area contributed by atoms with Gasteiger partial charge in [0.25, 0.3) is 5.96 Å². The zero-order chi connectivity index (χ0) is 7.49. The van der Waals surface area contributed by atoms with E-state index >= 15 is 0 Å². The Balaban J connectivity index is 3.85. The minimum absolute atomic E-state index is 0.233. The van der Waals surface area contributed by atoms with Gasteiger partial charge in [-0.05, 0) is 6.42 Å². The standard InChI is InChI=1S/C6H16N3/c1-4-5-9(2,3)6(7)8/h4-5H2,1-3H3,(H3,7,8)/q+1. The highest BCUT2D eigenvalue weighted by Crippen LogP contribution is 1.95. The van der Waals surface area contributed by atoms with E-state index in [1.807, 2.05) is 14.1 Å². The summed E-state index contributed by atoms with van der Waals surface area (Å²) in [5.41, 5.74) is 5.31. The van der Waals surface area contributed by atoms with Crippen LogP contribution in [-0.2, 0) is 0 Å². The lowest BCUT2D eigenvalue weighted by molar-refractivity contribution is -0.801. The van der Waals surface area contributed by atoms with E-state index < -0.39 is 0 Å². The van der Waals surface area contributed by atoms with Crippen LogP contribution in [0.2, 0.25) is 0 Å². The molecule has 0 radical (unpaired) electrons. The van der Waals surface area contributed by atoms with E-state index in [4.69, 9.17) is 11.1 Å². The molecule has 0 aromatic heterocycles. The maximum atomic E-state index is 7.15. The first-order valence-corrected chi connectivity index (χ1v) is 3.18. The summed E-state index contributed by atoms with van der Waals surface area (Å²) in [5.74, 6) is 0.233. The molecule has 0 saturated heterocycles. The fourth-order valence-corrected chi connectivity index (χ4v) is 0.679. The first-order chi connectivity index (χ1) is 4.00. The lowest BCUT2D eigenvalue weighted by Crippen LogP contribution is -2.49. The zero-order valence-electron chi connectivity index (χ0n) is 6.44. The Kier molecular flexibility index (Phi) is 2.65. The van der Waals surface area contributed by atoms with Gasteiger partial charge in [-0.25, -0.2) is 5.41 Å². The zero-order valence-corrected chi connectivity index (χ0v) is 6.44. The maximum Gasteiger partial charge on any atom is 0.291 e. The number of guanidine groups is 1. The van der Waals surface area contributed by atoms with Crippen LogP contribution in [0.4, 0.5) is 0 Å². The van der Waals surface area contributed by atoms with Crippen molar-refractivity contribution >= 4 is 5.96 Å². The summed E-state index contributed by atoms with van der Waals surface area (Å²) in [5, 5.41) is 7.15. The quantitative estimate of drug-likeness (QED) is 0.316. The highest BCUT2D eigenvalue weighted by Gasteiger charge is 2.16. The molecule has 0 aliphatic rings. The van der Waals surface area contributed by atoms with Crippen molar-refractivity contribution in [1.82, 2.24) is 0 Å². The lowest BCUT2D eigenvalue weighted by atomic mass is 10.4. The topological polar surface area (TPSA) is 49.9 Å². The largest absolute Gasteiger partial charge is 0.338 e. The maximum absolute atomic E-state index is 7.15. The van der Waals surface area contributed by atoms with E-state index in [9.17, 15) is 0 Å². The molecular formula is C6H16N3+. The average molecular weight is 130 g/mol. The van der Waals surface area contributed by atoms with Crippen LogP contribution in [0.1, 0.15) is 13.3 Å². The van der Waals surface area contributed by atoms with Crippen molar-refractivity contribution in [3.63, 3.8) is 0 Å². The molecule has 3 heteroatoms. The Morgan fingerprint density at radius 3 is 2.11 bits per heavy atom. The fourth-order valence-electron chi connectivity index (χ4n) is 0.679. The van der Waals surface area contributed by atoms with E-state index in [-0.39, 0.29) is 5.96 Å². The molecule has 0 heterocycles. The van der Waals surface area contributed by atoms with Gasteiger partial charge in [0.1, 0.15) is 0 Å². The molecule has 0 aliphatic heterocycles. The number of hydrogen-bond donors (Lipinski definition) is 2. The van der Waals surface area contributed by atoms with E-state index in [0.717, 1.165) is 13.0 Å². The molecule has 3 N–H and O–H groups in total. The Bertz CT molecular complexity index is 107. The fraction of sp³-hybridized carbons (Fsp3) is 0.833. The second kappa shape index (κ2) is 2.82. The molecule has 0 aliphatic carbocycles. The van der Waals surface area contributed by atoms with Gasteiger partial charge in [-0.15, -0.1) is 0 Å². The summed E-state index contributed by atoms with van der Waals surface area (Å²) in [6, 6.07) is 0. The highest BCUT2D eigenvalue weighted by atomic mass is 15.4. The van der Waals surface area contributed by atoms with Crippen molar-refractivity contribution in [1.29, 1.82) is 5.41 Å². The molecule has 0 amide bonds. The number of quaternary nitrogens is 1. The predicted octanol–water partition coefficient (Wildman–Crippen LogP) is 0.366. The first-order valence-electron chi connectivity index (χ1n) is 3.18. The van der Waals surface area contributed by atoms with Gasteiger partial charge >= 0.3 is 0 Å². The monoisotopic (exact) mass is 130 g/mol. The molecular weight excluding hydrogens is 114 g/mol. The van der Waals surface area contributed by atoms with Gasteiger partial charge in [-0.1, -0.05) is 6.92 Å². The molecule has 0 atom stereocenters. The van der Waals surface area contributed by atoms with Crippen LogP contribution >= 0.6 is 0 Å². The number of nitrogens with two attached hydrogens (primary N) is 1. The molecule has 54 valence electrons. The summed E-state index contributed by atoms with van der Waals surface area (Å²) >= 11 is 0. The van der Waals surface area contributed by atoms with Crippen molar-refractivity contribution < 1.29 is 4.48 Å². The number of rotatable bonds is 2. The molecule has 0 aromatic carbocycles. The summed E-state index contributed by atoms with van der Waals surface area (Å²) in [6.45, 7) is 3.03. The normalized spacial score (nSPS) is 11.4. The van der Waals surface area contributed by atoms with Crippen molar-refractivity contribution in [3.05, 3.63) is 0 Å². The Morgan fingerprint density at radius 2 is 2.00 bits per heavy atom.